The number of aliphatic hydroxyl groups excluding tert-OH is 2. The summed E-state index contributed by atoms with van der Waals surface area (Å²) in [5.74, 6) is 3.75. The minimum atomic E-state index is -0.690. The number of fused-ring (bicyclic) bond motifs is 4. The number of allylic oxidation sites excluding steroid dienone is 1. The van der Waals surface area contributed by atoms with Crippen molar-refractivity contribution in [2.24, 2.45) is 57.1 Å². The number of ether oxygens (including phenoxy) is 1. The maximum atomic E-state index is 11.5. The number of hydrogen-bond acceptors (Lipinski definition) is 6. The van der Waals surface area contributed by atoms with E-state index < -0.39 is 11.8 Å². The number of nitrogens with one attached hydrogen (secondary N) is 1. The van der Waals surface area contributed by atoms with Crippen LogP contribution in [0.25, 0.3) is 10.8 Å². The third-order valence-electron chi connectivity index (χ3n) is 17.4. The van der Waals surface area contributed by atoms with Crippen LogP contribution >= 0.6 is 0 Å². The molecule has 56 heavy (non-hydrogen) atoms. The highest BCUT2D eigenvalue weighted by Gasteiger charge is 2.68. The summed E-state index contributed by atoms with van der Waals surface area (Å²) in [4.78, 5) is 4.62. The summed E-state index contributed by atoms with van der Waals surface area (Å²) in [5, 5.41) is 38.6. The molecule has 0 amide bonds. The molecule has 7 fully saturated rings. The smallest absolute Gasteiger partial charge is 0.190 e. The van der Waals surface area contributed by atoms with Gasteiger partial charge >= 0.3 is 0 Å². The molecule has 7 aliphatic rings. The average molecular weight is 770 g/mol. The van der Waals surface area contributed by atoms with Gasteiger partial charge in [0, 0.05) is 35.1 Å². The van der Waals surface area contributed by atoms with Crippen LogP contribution in [0.1, 0.15) is 147 Å². The second-order valence-electron chi connectivity index (χ2n) is 20.7. The Morgan fingerprint density at radius 3 is 2.68 bits per heavy atom. The molecular formula is C48H71N3O5. The quantitative estimate of drug-likeness (QED) is 0.0535. The molecule has 8 heteroatoms. The van der Waals surface area contributed by atoms with Crippen LogP contribution in [-0.4, -0.2) is 57.5 Å². The van der Waals surface area contributed by atoms with Crippen LogP contribution in [0.2, 0.25) is 0 Å². The van der Waals surface area contributed by atoms with Gasteiger partial charge in [-0.1, -0.05) is 49.6 Å². The van der Waals surface area contributed by atoms with Crippen LogP contribution in [0.4, 0.5) is 0 Å². The molecule has 6 saturated carbocycles. The molecule has 1 aromatic carbocycles. The average Bonchev–Trinajstić information content (AvgIpc) is 3.63. The number of aliphatic imine (C=N–C) groups is 1. The lowest BCUT2D eigenvalue weighted by molar-refractivity contribution is -0.139. The van der Waals surface area contributed by atoms with E-state index in [9.17, 15) is 15.3 Å². The minimum absolute atomic E-state index is 0.0378. The van der Waals surface area contributed by atoms with E-state index in [1.165, 1.54) is 81.8 Å². The monoisotopic (exact) mass is 770 g/mol. The lowest BCUT2D eigenvalue weighted by atomic mass is 9.40. The summed E-state index contributed by atoms with van der Waals surface area (Å²) in [5.41, 5.74) is 8.85. The second-order valence-corrected chi connectivity index (χ2v) is 20.7. The summed E-state index contributed by atoms with van der Waals surface area (Å²) < 4.78 is 12.3. The van der Waals surface area contributed by atoms with E-state index in [1.54, 1.807) is 12.5 Å². The first-order valence-corrected chi connectivity index (χ1v) is 22.9. The third kappa shape index (κ3) is 7.30. The Balaban J connectivity index is 0.861. The predicted octanol–water partition coefficient (Wildman–Crippen LogP) is 8.95. The Kier molecular flexibility index (Phi) is 10.7. The molecule has 2 aromatic rings. The molecule has 0 bridgehead atoms. The highest BCUT2D eigenvalue weighted by Crippen LogP contribution is 2.72. The van der Waals surface area contributed by atoms with Crippen LogP contribution in [0.15, 0.2) is 52.3 Å². The van der Waals surface area contributed by atoms with Gasteiger partial charge in [-0.25, -0.2) is 0 Å². The maximum Gasteiger partial charge on any atom is 0.190 e. The maximum absolute atomic E-state index is 11.5. The number of nitrogens with two attached hydrogens (primary N) is 1. The van der Waals surface area contributed by atoms with Crippen molar-refractivity contribution in [1.29, 1.82) is 0 Å². The van der Waals surface area contributed by atoms with Crippen molar-refractivity contribution in [3.63, 3.8) is 0 Å². The SMILES string of the molecule is C=C1CC2(CCC(CCC3(O)CCCC(O)C3)C2)C2OC2(C)CCC2C1CC2(C1CCCCC1)C1CCC(C(O)NC(N)=NCCc2cccc3cocc23)C1. The lowest BCUT2D eigenvalue weighted by Gasteiger charge is -2.64. The van der Waals surface area contributed by atoms with Crippen LogP contribution in [0.3, 0.4) is 0 Å². The number of hydrogen-bond donors (Lipinski definition) is 5. The fourth-order valence-corrected chi connectivity index (χ4v) is 14.6. The molecule has 1 saturated heterocycles. The van der Waals surface area contributed by atoms with Gasteiger partial charge < -0.3 is 35.5 Å². The van der Waals surface area contributed by atoms with E-state index in [1.807, 2.05) is 0 Å². The van der Waals surface area contributed by atoms with Crippen LogP contribution < -0.4 is 11.1 Å². The number of epoxide rings is 1. The minimum Gasteiger partial charge on any atom is -0.471 e. The Morgan fingerprint density at radius 1 is 0.982 bits per heavy atom. The fraction of sp³-hybridized carbons (Fsp3) is 0.771. The number of rotatable bonds is 10. The van der Waals surface area contributed by atoms with Crippen molar-refractivity contribution in [1.82, 2.24) is 5.32 Å². The van der Waals surface area contributed by atoms with Gasteiger partial charge in [-0.2, -0.15) is 0 Å². The zero-order valence-corrected chi connectivity index (χ0v) is 34.2. The first-order valence-electron chi connectivity index (χ1n) is 22.9. The number of benzene rings is 1. The number of aliphatic hydroxyl groups is 3. The number of furan rings is 1. The summed E-state index contributed by atoms with van der Waals surface area (Å²) in [6.07, 6.45) is 27.1. The van der Waals surface area contributed by atoms with Crippen molar-refractivity contribution >= 4 is 16.7 Å². The summed E-state index contributed by atoms with van der Waals surface area (Å²) >= 11 is 0. The molecule has 1 spiro atoms. The normalized spacial score (nSPS) is 42.4. The first-order chi connectivity index (χ1) is 27.0. The topological polar surface area (TPSA) is 137 Å². The van der Waals surface area contributed by atoms with Crippen molar-refractivity contribution in [3.8, 4) is 0 Å². The summed E-state index contributed by atoms with van der Waals surface area (Å²) in [7, 11) is 0. The highest BCUT2D eigenvalue weighted by atomic mass is 16.6. The van der Waals surface area contributed by atoms with Crippen molar-refractivity contribution in [2.45, 2.75) is 178 Å². The van der Waals surface area contributed by atoms with Crippen molar-refractivity contribution in [2.75, 3.05) is 6.54 Å². The second kappa shape index (κ2) is 15.3. The molecular weight excluding hydrogens is 699 g/mol. The molecule has 0 radical (unpaired) electrons. The molecule has 8 nitrogen and oxygen atoms in total. The van der Waals surface area contributed by atoms with Gasteiger partial charge in [0.1, 0.15) is 6.23 Å². The van der Waals surface area contributed by atoms with Gasteiger partial charge in [0.05, 0.1) is 35.9 Å². The van der Waals surface area contributed by atoms with Gasteiger partial charge in [0.2, 0.25) is 0 Å². The predicted molar refractivity (Wildman–Crippen MR) is 222 cm³/mol. The number of nitrogens with zero attached hydrogens (tertiary/aromatic N) is 1. The highest BCUT2D eigenvalue weighted by molar-refractivity contribution is 5.84. The molecule has 12 atom stereocenters. The molecule has 2 heterocycles. The van der Waals surface area contributed by atoms with Crippen molar-refractivity contribution < 1.29 is 24.5 Å². The van der Waals surface area contributed by atoms with E-state index in [4.69, 9.17) is 21.5 Å². The standard InChI is InChI=1S/C48H71N3O5/c1-31-25-46(21-15-32(26-46)16-22-47(54)19-7-12-38(52)27-47)43-45(2,56-43)20-17-41-39(31)28-48(41,36-10-4-3-5-11-36)37-14-13-34(24-37)42(53)51-44(49)50-23-18-33-8-6-9-35-29-55-30-40(33)35/h6,8-9,29-30,32,34,36-39,41-43,52-54H,1,3-5,7,10-28H2,2H3,(H3,49,50,51). The van der Waals surface area contributed by atoms with Crippen LogP contribution in [0, 0.1) is 46.3 Å². The van der Waals surface area contributed by atoms with E-state index in [0.29, 0.717) is 54.1 Å². The summed E-state index contributed by atoms with van der Waals surface area (Å²) in [6, 6.07) is 6.22. The molecule has 1 aromatic heterocycles. The zero-order chi connectivity index (χ0) is 38.7. The zero-order valence-electron chi connectivity index (χ0n) is 34.2. The van der Waals surface area contributed by atoms with E-state index in [2.05, 4.69) is 35.4 Å². The molecule has 1 aliphatic heterocycles. The van der Waals surface area contributed by atoms with Gasteiger partial charge in [-0.3, -0.25) is 4.99 Å². The molecule has 12 unspecified atom stereocenters. The first kappa shape index (κ1) is 39.1. The van der Waals surface area contributed by atoms with E-state index in [0.717, 1.165) is 80.9 Å². The molecule has 308 valence electrons. The van der Waals surface area contributed by atoms with E-state index >= 15 is 0 Å². The lowest BCUT2D eigenvalue weighted by Crippen LogP contribution is -2.57. The Hall–Kier alpha value is -2.39. The van der Waals surface area contributed by atoms with Gasteiger partial charge in [-0.05, 0) is 163 Å². The van der Waals surface area contributed by atoms with Gasteiger partial charge in [0.25, 0.3) is 0 Å². The Morgan fingerprint density at radius 2 is 1.84 bits per heavy atom. The molecule has 9 rings (SSSR count). The Bertz CT molecular complexity index is 1750. The van der Waals surface area contributed by atoms with Gasteiger partial charge in [-0.15, -0.1) is 0 Å². The molecule has 6 aliphatic carbocycles. The Labute approximate surface area is 335 Å². The largest absolute Gasteiger partial charge is 0.471 e. The number of guanidine groups is 1. The molecule has 6 N–H and O–H groups in total. The third-order valence-corrected chi connectivity index (χ3v) is 17.4. The fourth-order valence-electron chi connectivity index (χ4n) is 14.6. The van der Waals surface area contributed by atoms with Crippen molar-refractivity contribution in [3.05, 3.63) is 48.4 Å². The van der Waals surface area contributed by atoms with E-state index in [-0.39, 0.29) is 23.0 Å². The van der Waals surface area contributed by atoms with Crippen LogP contribution in [-0.2, 0) is 11.2 Å². The van der Waals surface area contributed by atoms with Crippen LogP contribution in [0.5, 0.6) is 0 Å². The summed E-state index contributed by atoms with van der Waals surface area (Å²) in [6.45, 7) is 7.94. The van der Waals surface area contributed by atoms with Gasteiger partial charge in [0.15, 0.2) is 5.96 Å².